The van der Waals surface area contributed by atoms with E-state index in [-0.39, 0.29) is 11.7 Å². The lowest BCUT2D eigenvalue weighted by molar-refractivity contribution is -0.113. The molecule has 0 unspecified atom stereocenters. The van der Waals surface area contributed by atoms with Gasteiger partial charge in [-0.05, 0) is 55.8 Å². The van der Waals surface area contributed by atoms with Gasteiger partial charge in [-0.3, -0.25) is 14.5 Å². The summed E-state index contributed by atoms with van der Waals surface area (Å²) in [5.74, 6) is 1.69. The number of ether oxygens (including phenoxy) is 1. The maximum atomic E-state index is 12.8. The Morgan fingerprint density at radius 1 is 1.18 bits per heavy atom. The van der Waals surface area contributed by atoms with Crippen LogP contribution in [0.1, 0.15) is 16.8 Å². The molecule has 2 aromatic heterocycles. The third-order valence-electron chi connectivity index (χ3n) is 5.26. The summed E-state index contributed by atoms with van der Waals surface area (Å²) < 4.78 is 7.06. The normalized spacial score (nSPS) is 10.6. The molecule has 166 valence electrons. The first-order valence-electron chi connectivity index (χ1n) is 10.2. The first kappa shape index (κ1) is 22.2. The summed E-state index contributed by atoms with van der Waals surface area (Å²) in [5, 5.41) is 20.2. The Morgan fingerprint density at radius 3 is 2.58 bits per heavy atom. The highest BCUT2D eigenvalue weighted by Crippen LogP contribution is 2.30. The Bertz CT molecular complexity index is 1320. The number of thioether (sulfide) groups is 1. The van der Waals surface area contributed by atoms with Crippen molar-refractivity contribution in [1.82, 2.24) is 19.7 Å². The second-order valence-corrected chi connectivity index (χ2v) is 8.19. The number of methoxy groups -OCH3 is 1. The zero-order chi connectivity index (χ0) is 23.4. The molecule has 8 nitrogen and oxygen atoms in total. The summed E-state index contributed by atoms with van der Waals surface area (Å²) in [7, 11) is 1.61. The van der Waals surface area contributed by atoms with Crippen LogP contribution in [0.25, 0.3) is 17.1 Å². The molecule has 0 saturated heterocycles. The summed E-state index contributed by atoms with van der Waals surface area (Å²) in [6.07, 6.45) is 0. The van der Waals surface area contributed by atoms with E-state index in [9.17, 15) is 10.1 Å². The predicted molar refractivity (Wildman–Crippen MR) is 128 cm³/mol. The Labute approximate surface area is 195 Å². The number of nitriles is 1. The number of hydrogen-bond acceptors (Lipinski definition) is 6. The maximum Gasteiger partial charge on any atom is 0.236 e. The molecule has 0 bridgehead atoms. The van der Waals surface area contributed by atoms with Gasteiger partial charge in [0.25, 0.3) is 0 Å². The van der Waals surface area contributed by atoms with Crippen LogP contribution in [0.5, 0.6) is 5.75 Å². The van der Waals surface area contributed by atoms with Gasteiger partial charge in [-0.1, -0.05) is 30.0 Å². The van der Waals surface area contributed by atoms with Crippen LogP contribution in [0, 0.1) is 25.2 Å². The zero-order valence-corrected chi connectivity index (χ0v) is 19.2. The lowest BCUT2D eigenvalue weighted by atomic mass is 10.2. The fraction of sp³-hybridized carbons (Fsp3) is 0.167. The van der Waals surface area contributed by atoms with Crippen LogP contribution in [0.15, 0.2) is 59.8 Å². The van der Waals surface area contributed by atoms with Gasteiger partial charge in [0.05, 0.1) is 18.4 Å². The molecule has 0 spiro atoms. The number of amides is 1. The smallest absolute Gasteiger partial charge is 0.236 e. The van der Waals surface area contributed by atoms with Crippen LogP contribution >= 0.6 is 11.8 Å². The van der Waals surface area contributed by atoms with Crippen molar-refractivity contribution in [1.29, 1.82) is 5.26 Å². The van der Waals surface area contributed by atoms with Gasteiger partial charge in [0.2, 0.25) is 11.1 Å². The van der Waals surface area contributed by atoms with E-state index in [0.717, 1.165) is 28.3 Å². The molecule has 4 aromatic rings. The van der Waals surface area contributed by atoms with Crippen LogP contribution in [0.3, 0.4) is 0 Å². The van der Waals surface area contributed by atoms with Crippen molar-refractivity contribution >= 4 is 23.5 Å². The molecule has 33 heavy (non-hydrogen) atoms. The largest absolute Gasteiger partial charge is 0.497 e. The van der Waals surface area contributed by atoms with Crippen LogP contribution in [-0.4, -0.2) is 38.5 Å². The summed E-state index contributed by atoms with van der Waals surface area (Å²) in [5.41, 5.74) is 3.93. The average Bonchev–Trinajstić information content (AvgIpc) is 3.41. The molecule has 2 heterocycles. The average molecular weight is 459 g/mol. The molecule has 0 fully saturated rings. The Kier molecular flexibility index (Phi) is 6.47. The van der Waals surface area contributed by atoms with E-state index >= 15 is 0 Å². The van der Waals surface area contributed by atoms with E-state index in [1.165, 1.54) is 11.8 Å². The van der Waals surface area contributed by atoms with Gasteiger partial charge in [0, 0.05) is 16.9 Å². The number of carbonyl (C=O) groups is 1. The second kappa shape index (κ2) is 9.63. The van der Waals surface area contributed by atoms with Gasteiger partial charge in [0.1, 0.15) is 17.6 Å². The number of nitrogens with zero attached hydrogens (tertiary/aromatic N) is 4. The topological polar surface area (TPSA) is 109 Å². The van der Waals surface area contributed by atoms with E-state index in [4.69, 9.17) is 4.74 Å². The van der Waals surface area contributed by atoms with Crippen LogP contribution < -0.4 is 10.1 Å². The van der Waals surface area contributed by atoms with Gasteiger partial charge < -0.3 is 10.1 Å². The first-order valence-corrected chi connectivity index (χ1v) is 11.2. The predicted octanol–water partition coefficient (Wildman–Crippen LogP) is 4.49. The van der Waals surface area contributed by atoms with Crippen molar-refractivity contribution in [3.8, 4) is 28.9 Å². The summed E-state index contributed by atoms with van der Waals surface area (Å²) in [6, 6.07) is 19.3. The third-order valence-corrected chi connectivity index (χ3v) is 6.11. The van der Waals surface area contributed by atoms with Crippen molar-refractivity contribution in [2.45, 2.75) is 19.0 Å². The van der Waals surface area contributed by atoms with Crippen molar-refractivity contribution in [3.05, 3.63) is 71.4 Å². The quantitative estimate of drug-likeness (QED) is 0.395. The number of aromatic nitrogens is 4. The fourth-order valence-electron chi connectivity index (χ4n) is 3.45. The number of H-pyrrole nitrogens is 1. The van der Waals surface area contributed by atoms with E-state index in [1.807, 2.05) is 73.0 Å². The highest BCUT2D eigenvalue weighted by Gasteiger charge is 2.21. The minimum atomic E-state index is -0.248. The standard InChI is InChI=1S/C24H22N6O2S/c1-15-16(2)30(18-7-5-4-6-8-18)23(20(15)13-25)26-21(31)14-33-24-27-22(28-29-24)17-9-11-19(32-3)12-10-17/h4-12H,14H2,1-3H3,(H,26,31)(H,27,28,29). The van der Waals surface area contributed by atoms with Gasteiger partial charge in [-0.2, -0.15) is 5.26 Å². The number of rotatable bonds is 7. The molecule has 0 saturated carbocycles. The molecule has 0 aliphatic rings. The molecule has 2 aromatic carbocycles. The fourth-order valence-corrected chi connectivity index (χ4v) is 4.05. The molecule has 2 N–H and O–H groups in total. The molecule has 0 radical (unpaired) electrons. The molecule has 1 amide bonds. The molecule has 0 aliphatic carbocycles. The van der Waals surface area contributed by atoms with Crippen LogP contribution in [0.2, 0.25) is 0 Å². The Morgan fingerprint density at radius 2 is 1.91 bits per heavy atom. The highest BCUT2D eigenvalue weighted by molar-refractivity contribution is 7.99. The summed E-state index contributed by atoms with van der Waals surface area (Å²) in [6.45, 7) is 3.81. The van der Waals surface area contributed by atoms with E-state index < -0.39 is 0 Å². The van der Waals surface area contributed by atoms with Crippen molar-refractivity contribution in [3.63, 3.8) is 0 Å². The zero-order valence-electron chi connectivity index (χ0n) is 18.4. The lowest BCUT2D eigenvalue weighted by Crippen LogP contribution is -2.17. The Hall–Kier alpha value is -4.03. The molecular weight excluding hydrogens is 436 g/mol. The van der Waals surface area contributed by atoms with E-state index in [1.54, 1.807) is 7.11 Å². The third kappa shape index (κ3) is 4.61. The summed E-state index contributed by atoms with van der Waals surface area (Å²) >= 11 is 1.21. The minimum absolute atomic E-state index is 0.100. The van der Waals surface area contributed by atoms with Gasteiger partial charge >= 0.3 is 0 Å². The van der Waals surface area contributed by atoms with Crippen LogP contribution in [0.4, 0.5) is 5.82 Å². The Balaban J connectivity index is 1.48. The summed E-state index contributed by atoms with van der Waals surface area (Å²) in [4.78, 5) is 17.2. The number of benzene rings is 2. The number of para-hydroxylation sites is 1. The number of hydrogen-bond donors (Lipinski definition) is 2. The highest BCUT2D eigenvalue weighted by atomic mass is 32.2. The molecule has 0 aliphatic heterocycles. The second-order valence-electron chi connectivity index (χ2n) is 7.25. The van der Waals surface area contributed by atoms with Crippen molar-refractivity contribution in [2.24, 2.45) is 0 Å². The van der Waals surface area contributed by atoms with E-state index in [0.29, 0.717) is 22.4 Å². The first-order chi connectivity index (χ1) is 16.0. The number of anilines is 1. The molecular formula is C24H22N6O2S. The van der Waals surface area contributed by atoms with Gasteiger partial charge in [-0.15, -0.1) is 5.10 Å². The van der Waals surface area contributed by atoms with Gasteiger partial charge in [-0.25, -0.2) is 4.98 Å². The van der Waals surface area contributed by atoms with Crippen LogP contribution in [-0.2, 0) is 4.79 Å². The lowest BCUT2D eigenvalue weighted by Gasteiger charge is -2.12. The van der Waals surface area contributed by atoms with E-state index in [2.05, 4.69) is 26.6 Å². The number of aromatic amines is 1. The minimum Gasteiger partial charge on any atom is -0.497 e. The number of carbonyl (C=O) groups excluding carboxylic acids is 1. The molecule has 9 heteroatoms. The molecule has 4 rings (SSSR count). The van der Waals surface area contributed by atoms with Crippen molar-refractivity contribution < 1.29 is 9.53 Å². The monoisotopic (exact) mass is 458 g/mol. The molecule has 0 atom stereocenters. The van der Waals surface area contributed by atoms with Gasteiger partial charge in [0.15, 0.2) is 5.82 Å². The maximum absolute atomic E-state index is 12.8. The SMILES string of the molecule is COc1ccc(-c2nc(SCC(=O)Nc3c(C#N)c(C)c(C)n3-c3ccccc3)n[nH]2)cc1. The number of nitrogens with one attached hydrogen (secondary N) is 2. The van der Waals surface area contributed by atoms with Crippen molar-refractivity contribution in [2.75, 3.05) is 18.2 Å².